The van der Waals surface area contributed by atoms with Crippen molar-refractivity contribution in [3.8, 4) is 11.4 Å². The van der Waals surface area contributed by atoms with Crippen molar-refractivity contribution >= 4 is 18.3 Å². The molecule has 2 N–H and O–H groups in total. The highest BCUT2D eigenvalue weighted by atomic mass is 35.5. The molecule has 152 valence electrons. The van der Waals surface area contributed by atoms with Crippen LogP contribution in [0.15, 0.2) is 60.8 Å². The highest BCUT2D eigenvalue weighted by Crippen LogP contribution is 2.27. The van der Waals surface area contributed by atoms with Crippen LogP contribution in [-0.2, 0) is 6.42 Å². The molecule has 1 unspecified atom stereocenters. The number of hydrogen-bond donors (Lipinski definition) is 2. The summed E-state index contributed by atoms with van der Waals surface area (Å²) in [6.07, 6.45) is 2.46. The van der Waals surface area contributed by atoms with Gasteiger partial charge in [0.2, 0.25) is 0 Å². The smallest absolute Gasteiger partial charge is 0.278 e. The van der Waals surface area contributed by atoms with Gasteiger partial charge in [-0.1, -0.05) is 49.4 Å². The molecule has 7 heteroatoms. The van der Waals surface area contributed by atoms with Gasteiger partial charge in [0.25, 0.3) is 5.91 Å². The molecule has 2 aromatic carbocycles. The molecule has 3 aromatic rings. The summed E-state index contributed by atoms with van der Waals surface area (Å²) in [5.41, 5.74) is 3.23. The van der Waals surface area contributed by atoms with Gasteiger partial charge in [-0.3, -0.25) is 4.79 Å². The fraction of sp³-hybridized carbons (Fsp3) is 0.273. The monoisotopic (exact) mass is 412 g/mol. The lowest BCUT2D eigenvalue weighted by Gasteiger charge is -2.36. The molecule has 0 radical (unpaired) electrons. The molecule has 2 heterocycles. The number of nitrogens with zero attached hydrogens (tertiary/aromatic N) is 3. The van der Waals surface area contributed by atoms with Gasteiger partial charge in [-0.25, -0.2) is 4.68 Å². The number of amides is 1. The van der Waals surface area contributed by atoms with E-state index in [1.54, 1.807) is 4.90 Å². The number of hydrogen-bond acceptors (Lipinski definition) is 4. The van der Waals surface area contributed by atoms with Crippen LogP contribution in [0.5, 0.6) is 5.75 Å². The molecule has 1 atom stereocenters. The summed E-state index contributed by atoms with van der Waals surface area (Å²) in [4.78, 5) is 15.0. The molecular weight excluding hydrogens is 388 g/mol. The summed E-state index contributed by atoms with van der Waals surface area (Å²) in [5.74, 6) is -0.356. The van der Waals surface area contributed by atoms with Crippen molar-refractivity contribution in [2.45, 2.75) is 19.4 Å². The Kier molecular flexibility index (Phi) is 6.56. The van der Waals surface area contributed by atoms with Crippen LogP contribution in [0.2, 0.25) is 0 Å². The summed E-state index contributed by atoms with van der Waals surface area (Å²) in [6.45, 7) is 4.09. The second-order valence-corrected chi connectivity index (χ2v) is 6.96. The maximum atomic E-state index is 13.2. The Morgan fingerprint density at radius 2 is 1.90 bits per heavy atom. The Hall–Kier alpha value is -2.83. The highest BCUT2D eigenvalue weighted by Gasteiger charge is 2.31. The van der Waals surface area contributed by atoms with Gasteiger partial charge in [0.15, 0.2) is 11.4 Å². The van der Waals surface area contributed by atoms with Crippen molar-refractivity contribution in [2.75, 3.05) is 19.6 Å². The quantitative estimate of drug-likeness (QED) is 0.689. The van der Waals surface area contributed by atoms with Crippen molar-refractivity contribution in [2.24, 2.45) is 0 Å². The van der Waals surface area contributed by atoms with E-state index in [-0.39, 0.29) is 35.8 Å². The second kappa shape index (κ2) is 9.11. The van der Waals surface area contributed by atoms with Gasteiger partial charge in [-0.15, -0.1) is 12.4 Å². The Bertz CT molecular complexity index is 957. The number of aryl methyl sites for hydroxylation is 1. The number of aromatic nitrogens is 2. The lowest BCUT2D eigenvalue weighted by atomic mass is 10.0. The first kappa shape index (κ1) is 20.9. The molecule has 1 fully saturated rings. The fourth-order valence-corrected chi connectivity index (χ4v) is 3.59. The van der Waals surface area contributed by atoms with E-state index in [1.165, 1.54) is 16.4 Å². The summed E-state index contributed by atoms with van der Waals surface area (Å²) >= 11 is 0. The molecule has 0 spiro atoms. The van der Waals surface area contributed by atoms with Crippen molar-refractivity contribution in [1.29, 1.82) is 0 Å². The predicted molar refractivity (Wildman–Crippen MR) is 115 cm³/mol. The van der Waals surface area contributed by atoms with Gasteiger partial charge in [0, 0.05) is 19.6 Å². The van der Waals surface area contributed by atoms with Crippen LogP contribution >= 0.6 is 12.4 Å². The number of aromatic hydroxyl groups is 1. The number of para-hydroxylation sites is 1. The molecular formula is C22H25ClN4O2. The van der Waals surface area contributed by atoms with Gasteiger partial charge >= 0.3 is 0 Å². The number of benzene rings is 2. The van der Waals surface area contributed by atoms with Crippen molar-refractivity contribution in [3.63, 3.8) is 0 Å². The van der Waals surface area contributed by atoms with E-state index in [1.807, 2.05) is 30.3 Å². The zero-order chi connectivity index (χ0) is 19.5. The standard InChI is InChI=1S/C22H24N4O2.ClH/c1-2-16-8-10-17(11-9-16)19-14-23-12-13-25(19)22(28)21-20(27)15-26(24-21)18-6-4-3-5-7-18;/h3-11,15,19,23,27H,2,12-14H2,1H3;1H. The van der Waals surface area contributed by atoms with Crippen LogP contribution in [0, 0.1) is 0 Å². The average molecular weight is 413 g/mol. The molecule has 1 aliphatic heterocycles. The lowest BCUT2D eigenvalue weighted by Crippen LogP contribution is -2.48. The molecule has 6 nitrogen and oxygen atoms in total. The van der Waals surface area contributed by atoms with E-state index >= 15 is 0 Å². The largest absolute Gasteiger partial charge is 0.504 e. The second-order valence-electron chi connectivity index (χ2n) is 6.96. The van der Waals surface area contributed by atoms with E-state index in [0.29, 0.717) is 13.1 Å². The van der Waals surface area contributed by atoms with Crippen molar-refractivity contribution in [3.05, 3.63) is 77.6 Å². The normalized spacial score (nSPS) is 16.3. The van der Waals surface area contributed by atoms with E-state index in [4.69, 9.17) is 0 Å². The summed E-state index contributed by atoms with van der Waals surface area (Å²) in [6, 6.07) is 17.7. The van der Waals surface area contributed by atoms with Crippen LogP contribution < -0.4 is 5.32 Å². The van der Waals surface area contributed by atoms with Crippen LogP contribution in [0.3, 0.4) is 0 Å². The molecule has 29 heavy (non-hydrogen) atoms. The summed E-state index contributed by atoms with van der Waals surface area (Å²) < 4.78 is 1.54. The van der Waals surface area contributed by atoms with Crippen molar-refractivity contribution < 1.29 is 9.90 Å². The molecule has 0 aliphatic carbocycles. The Balaban J connectivity index is 0.00000240. The molecule has 0 saturated carbocycles. The predicted octanol–water partition coefficient (Wildman–Crippen LogP) is 3.35. The molecule has 1 aromatic heterocycles. The van der Waals surface area contributed by atoms with Gasteiger partial charge in [0.05, 0.1) is 17.9 Å². The van der Waals surface area contributed by atoms with Crippen LogP contribution in [0.1, 0.15) is 34.6 Å². The van der Waals surface area contributed by atoms with Gasteiger partial charge in [-0.2, -0.15) is 5.10 Å². The first-order chi connectivity index (χ1) is 13.7. The number of nitrogens with one attached hydrogen (secondary N) is 1. The number of carbonyl (C=O) groups is 1. The number of halogens is 1. The van der Waals surface area contributed by atoms with Crippen LogP contribution in [0.25, 0.3) is 5.69 Å². The Labute approximate surface area is 176 Å². The first-order valence-corrected chi connectivity index (χ1v) is 9.62. The number of rotatable bonds is 4. The molecule has 4 rings (SSSR count). The van der Waals surface area contributed by atoms with E-state index in [2.05, 4.69) is 41.6 Å². The minimum atomic E-state index is -0.252. The summed E-state index contributed by atoms with van der Waals surface area (Å²) in [7, 11) is 0. The Morgan fingerprint density at radius 3 is 2.59 bits per heavy atom. The van der Waals surface area contributed by atoms with E-state index in [0.717, 1.165) is 24.2 Å². The van der Waals surface area contributed by atoms with Gasteiger partial charge < -0.3 is 15.3 Å². The topological polar surface area (TPSA) is 70.4 Å². The third-order valence-corrected chi connectivity index (χ3v) is 5.20. The SMILES string of the molecule is CCc1ccc(C2CNCCN2C(=O)c2nn(-c3ccccc3)cc2O)cc1.Cl. The zero-order valence-corrected chi connectivity index (χ0v) is 17.1. The molecule has 1 amide bonds. The van der Waals surface area contributed by atoms with Crippen LogP contribution in [0.4, 0.5) is 0 Å². The maximum Gasteiger partial charge on any atom is 0.278 e. The van der Waals surface area contributed by atoms with E-state index in [9.17, 15) is 9.90 Å². The third kappa shape index (κ3) is 4.28. The number of piperazine rings is 1. The first-order valence-electron chi connectivity index (χ1n) is 9.62. The fourth-order valence-electron chi connectivity index (χ4n) is 3.59. The molecule has 0 bridgehead atoms. The molecule has 1 aliphatic rings. The van der Waals surface area contributed by atoms with Crippen molar-refractivity contribution in [1.82, 2.24) is 20.0 Å². The molecule has 1 saturated heterocycles. The average Bonchev–Trinajstić information content (AvgIpc) is 3.15. The minimum absolute atomic E-state index is 0. The van der Waals surface area contributed by atoms with E-state index < -0.39 is 0 Å². The third-order valence-electron chi connectivity index (χ3n) is 5.20. The maximum absolute atomic E-state index is 13.2. The van der Waals surface area contributed by atoms with Gasteiger partial charge in [-0.05, 0) is 29.7 Å². The van der Waals surface area contributed by atoms with Crippen LogP contribution in [-0.4, -0.2) is 45.3 Å². The highest BCUT2D eigenvalue weighted by molar-refractivity contribution is 5.95. The van der Waals surface area contributed by atoms with Gasteiger partial charge in [0.1, 0.15) is 0 Å². The zero-order valence-electron chi connectivity index (χ0n) is 16.3. The summed E-state index contributed by atoms with van der Waals surface area (Å²) in [5, 5.41) is 18.1. The number of carbonyl (C=O) groups excluding carboxylic acids is 1. The lowest BCUT2D eigenvalue weighted by molar-refractivity contribution is 0.0624. The minimum Gasteiger partial charge on any atom is -0.504 e. The Morgan fingerprint density at radius 1 is 1.17 bits per heavy atom.